The molecule has 2 amide bonds. The van der Waals surface area contributed by atoms with Gasteiger partial charge in [0.1, 0.15) is 11.3 Å². The number of carbonyl (C=O) groups is 2. The van der Waals surface area contributed by atoms with Crippen LogP contribution in [0.5, 0.6) is 0 Å². The lowest BCUT2D eigenvalue weighted by Crippen LogP contribution is -2.47. The highest BCUT2D eigenvalue weighted by molar-refractivity contribution is 5.92. The molecule has 0 saturated carbocycles. The number of ether oxygens (including phenoxy) is 1. The van der Waals surface area contributed by atoms with Crippen LogP contribution in [0.3, 0.4) is 0 Å². The van der Waals surface area contributed by atoms with Crippen molar-refractivity contribution < 1.29 is 18.8 Å². The number of amides is 2. The van der Waals surface area contributed by atoms with Gasteiger partial charge in [0.25, 0.3) is 5.91 Å². The smallest absolute Gasteiger partial charge is 0.410 e. The Morgan fingerprint density at radius 1 is 1.19 bits per heavy atom. The lowest BCUT2D eigenvalue weighted by Gasteiger charge is -2.33. The van der Waals surface area contributed by atoms with Gasteiger partial charge in [0.2, 0.25) is 5.76 Å². The minimum Gasteiger partial charge on any atom is -0.444 e. The molecule has 0 bridgehead atoms. The van der Waals surface area contributed by atoms with E-state index < -0.39 is 5.60 Å². The average Bonchev–Trinajstić information content (AvgIpc) is 3.12. The third kappa shape index (κ3) is 5.09. The number of benzene rings is 1. The van der Waals surface area contributed by atoms with Crippen LogP contribution in [0.4, 0.5) is 4.79 Å². The first-order chi connectivity index (χ1) is 12.8. The Morgan fingerprint density at radius 3 is 2.48 bits per heavy atom. The van der Waals surface area contributed by atoms with Crippen molar-refractivity contribution in [2.75, 3.05) is 13.1 Å². The summed E-state index contributed by atoms with van der Waals surface area (Å²) < 4.78 is 10.6. The molecule has 7 heteroatoms. The predicted octanol–water partition coefficient (Wildman–Crippen LogP) is 3.47. The van der Waals surface area contributed by atoms with E-state index in [1.54, 1.807) is 11.0 Å². The van der Waals surface area contributed by atoms with Gasteiger partial charge in [0.05, 0.1) is 0 Å². The molecule has 2 heterocycles. The number of hydrogen-bond acceptors (Lipinski definition) is 5. The number of rotatable bonds is 3. The van der Waals surface area contributed by atoms with Gasteiger partial charge in [-0.2, -0.15) is 0 Å². The third-order valence-electron chi connectivity index (χ3n) is 4.29. The molecule has 0 spiro atoms. The van der Waals surface area contributed by atoms with Crippen LogP contribution in [0.1, 0.15) is 44.2 Å². The van der Waals surface area contributed by atoms with E-state index in [9.17, 15) is 9.59 Å². The molecule has 1 aliphatic heterocycles. The van der Waals surface area contributed by atoms with Crippen molar-refractivity contribution in [2.24, 2.45) is 0 Å². The Bertz CT molecular complexity index is 787. The second kappa shape index (κ2) is 7.82. The van der Waals surface area contributed by atoms with E-state index in [2.05, 4.69) is 10.5 Å². The predicted molar refractivity (Wildman–Crippen MR) is 100 cm³/mol. The van der Waals surface area contributed by atoms with E-state index >= 15 is 0 Å². The number of nitrogens with one attached hydrogen (secondary N) is 1. The molecule has 1 saturated heterocycles. The van der Waals surface area contributed by atoms with Gasteiger partial charge in [0.15, 0.2) is 0 Å². The van der Waals surface area contributed by atoms with Crippen LogP contribution in [-0.2, 0) is 4.74 Å². The quantitative estimate of drug-likeness (QED) is 0.893. The molecule has 27 heavy (non-hydrogen) atoms. The standard InChI is InChI=1S/C20H25N3O4/c1-20(2,3)26-19(25)23-11-9-15(10-12-23)21-18(24)17-13-16(22-27-17)14-7-5-4-6-8-14/h4-8,13,15H,9-12H2,1-3H3,(H,21,24). The highest BCUT2D eigenvalue weighted by Gasteiger charge is 2.28. The third-order valence-corrected chi connectivity index (χ3v) is 4.29. The van der Waals surface area contributed by atoms with E-state index in [1.165, 1.54) is 0 Å². The Balaban J connectivity index is 1.51. The molecule has 3 rings (SSSR count). The lowest BCUT2D eigenvalue weighted by molar-refractivity contribution is 0.0199. The summed E-state index contributed by atoms with van der Waals surface area (Å²) in [6.07, 6.45) is 1.03. The zero-order valence-corrected chi connectivity index (χ0v) is 15.9. The van der Waals surface area contributed by atoms with E-state index in [0.29, 0.717) is 31.6 Å². The lowest BCUT2D eigenvalue weighted by atomic mass is 10.1. The summed E-state index contributed by atoms with van der Waals surface area (Å²) in [5.74, 6) is -0.108. The van der Waals surface area contributed by atoms with Crippen LogP contribution in [0, 0.1) is 0 Å². The van der Waals surface area contributed by atoms with Crippen molar-refractivity contribution in [3.05, 3.63) is 42.2 Å². The number of likely N-dealkylation sites (tertiary alicyclic amines) is 1. The van der Waals surface area contributed by atoms with Crippen molar-refractivity contribution in [2.45, 2.75) is 45.3 Å². The Morgan fingerprint density at radius 2 is 1.85 bits per heavy atom. The van der Waals surface area contributed by atoms with Gasteiger partial charge in [-0.1, -0.05) is 35.5 Å². The van der Waals surface area contributed by atoms with Crippen LogP contribution >= 0.6 is 0 Å². The molecule has 0 unspecified atom stereocenters. The molecule has 7 nitrogen and oxygen atoms in total. The summed E-state index contributed by atoms with van der Waals surface area (Å²) in [4.78, 5) is 26.2. The number of piperidine rings is 1. The number of carbonyl (C=O) groups excluding carboxylic acids is 2. The second-order valence-electron chi connectivity index (χ2n) is 7.66. The normalized spacial score (nSPS) is 15.4. The molecular weight excluding hydrogens is 346 g/mol. The van der Waals surface area contributed by atoms with Gasteiger partial charge in [-0.25, -0.2) is 4.79 Å². The molecule has 0 radical (unpaired) electrons. The van der Waals surface area contributed by atoms with Crippen molar-refractivity contribution in [1.29, 1.82) is 0 Å². The first-order valence-corrected chi connectivity index (χ1v) is 9.13. The maximum atomic E-state index is 12.4. The maximum absolute atomic E-state index is 12.4. The van der Waals surface area contributed by atoms with Crippen LogP contribution in [0.15, 0.2) is 40.9 Å². The number of aromatic nitrogens is 1. The molecule has 1 aliphatic rings. The van der Waals surface area contributed by atoms with Crippen molar-refractivity contribution in [1.82, 2.24) is 15.4 Å². The molecule has 0 aliphatic carbocycles. The summed E-state index contributed by atoms with van der Waals surface area (Å²) >= 11 is 0. The summed E-state index contributed by atoms with van der Waals surface area (Å²) in [5, 5.41) is 6.92. The molecule has 0 atom stereocenters. The fraction of sp³-hybridized carbons (Fsp3) is 0.450. The SMILES string of the molecule is CC(C)(C)OC(=O)N1CCC(NC(=O)c2cc(-c3ccccc3)no2)CC1. The summed E-state index contributed by atoms with van der Waals surface area (Å²) in [6, 6.07) is 11.2. The van der Waals surface area contributed by atoms with Crippen LogP contribution in [0.25, 0.3) is 11.3 Å². The first kappa shape index (κ1) is 18.9. The summed E-state index contributed by atoms with van der Waals surface area (Å²) in [6.45, 7) is 6.63. The minimum atomic E-state index is -0.509. The van der Waals surface area contributed by atoms with E-state index in [0.717, 1.165) is 5.56 Å². The van der Waals surface area contributed by atoms with Crippen molar-refractivity contribution in [3.63, 3.8) is 0 Å². The monoisotopic (exact) mass is 371 g/mol. The summed E-state index contributed by atoms with van der Waals surface area (Å²) in [7, 11) is 0. The molecule has 1 fully saturated rings. The summed E-state index contributed by atoms with van der Waals surface area (Å²) in [5.41, 5.74) is 1.01. The van der Waals surface area contributed by atoms with Gasteiger partial charge in [0, 0.05) is 30.8 Å². The fourth-order valence-electron chi connectivity index (χ4n) is 2.92. The molecule has 2 aromatic rings. The van der Waals surface area contributed by atoms with Crippen molar-refractivity contribution >= 4 is 12.0 Å². The molecule has 1 aromatic carbocycles. The first-order valence-electron chi connectivity index (χ1n) is 9.13. The van der Waals surface area contributed by atoms with Crippen LogP contribution < -0.4 is 5.32 Å². The van der Waals surface area contributed by atoms with E-state index in [1.807, 2.05) is 51.1 Å². The average molecular weight is 371 g/mol. The Kier molecular flexibility index (Phi) is 5.48. The van der Waals surface area contributed by atoms with Crippen LogP contribution in [0.2, 0.25) is 0 Å². The highest BCUT2D eigenvalue weighted by Crippen LogP contribution is 2.19. The maximum Gasteiger partial charge on any atom is 0.410 e. The number of hydrogen-bond donors (Lipinski definition) is 1. The topological polar surface area (TPSA) is 84.7 Å². The van der Waals surface area contributed by atoms with Gasteiger partial charge in [-0.05, 0) is 33.6 Å². The zero-order chi connectivity index (χ0) is 19.4. The van der Waals surface area contributed by atoms with Gasteiger partial charge in [-0.15, -0.1) is 0 Å². The molecular formula is C20H25N3O4. The largest absolute Gasteiger partial charge is 0.444 e. The molecule has 144 valence electrons. The van der Waals surface area contributed by atoms with Crippen LogP contribution in [-0.4, -0.2) is 46.8 Å². The minimum absolute atomic E-state index is 0.0125. The number of nitrogens with zero attached hydrogens (tertiary/aromatic N) is 2. The van der Waals surface area contributed by atoms with Gasteiger partial charge >= 0.3 is 6.09 Å². The molecule has 1 aromatic heterocycles. The van der Waals surface area contributed by atoms with E-state index in [4.69, 9.17) is 9.26 Å². The second-order valence-corrected chi connectivity index (χ2v) is 7.66. The Labute approximate surface area is 158 Å². The van der Waals surface area contributed by atoms with Gasteiger partial charge < -0.3 is 19.5 Å². The Hall–Kier alpha value is -2.83. The van der Waals surface area contributed by atoms with E-state index in [-0.39, 0.29) is 23.8 Å². The fourth-order valence-corrected chi connectivity index (χ4v) is 2.92. The highest BCUT2D eigenvalue weighted by atomic mass is 16.6. The van der Waals surface area contributed by atoms with Gasteiger partial charge in [-0.3, -0.25) is 4.79 Å². The van der Waals surface area contributed by atoms with Crippen molar-refractivity contribution in [3.8, 4) is 11.3 Å². The molecule has 1 N–H and O–H groups in total. The zero-order valence-electron chi connectivity index (χ0n) is 15.9.